The van der Waals surface area contributed by atoms with E-state index in [4.69, 9.17) is 10.2 Å². The molecule has 15 heavy (non-hydrogen) atoms. The van der Waals surface area contributed by atoms with Gasteiger partial charge in [-0.2, -0.15) is 0 Å². The van der Waals surface area contributed by atoms with E-state index in [1.165, 1.54) is 0 Å². The van der Waals surface area contributed by atoms with Crippen LogP contribution < -0.4 is 0 Å². The van der Waals surface area contributed by atoms with Crippen molar-refractivity contribution in [3.63, 3.8) is 0 Å². The predicted molar refractivity (Wildman–Crippen MR) is 54.5 cm³/mol. The van der Waals surface area contributed by atoms with Crippen molar-refractivity contribution in [2.75, 3.05) is 0 Å². The number of carboxylic acids is 2. The van der Waals surface area contributed by atoms with E-state index in [9.17, 15) is 9.59 Å². The topological polar surface area (TPSA) is 74.6 Å². The van der Waals surface area contributed by atoms with Gasteiger partial charge < -0.3 is 10.2 Å². The number of hydrogen-bond acceptors (Lipinski definition) is 2. The number of hydrogen-bond donors (Lipinski definition) is 2. The lowest BCUT2D eigenvalue weighted by atomic mass is 9.60. The van der Waals surface area contributed by atoms with Gasteiger partial charge in [0, 0.05) is 0 Å². The summed E-state index contributed by atoms with van der Waals surface area (Å²) in [5.74, 6) is -1.64. The summed E-state index contributed by atoms with van der Waals surface area (Å²) < 4.78 is 0. The fraction of sp³-hybridized carbons (Fsp3) is 0.818. The molecule has 86 valence electrons. The van der Waals surface area contributed by atoms with E-state index in [1.54, 1.807) is 13.8 Å². The van der Waals surface area contributed by atoms with Gasteiger partial charge in [-0.15, -0.1) is 0 Å². The fourth-order valence-corrected chi connectivity index (χ4v) is 2.94. The highest BCUT2D eigenvalue weighted by molar-refractivity contribution is 5.79. The molecule has 4 heteroatoms. The Kier molecular flexibility index (Phi) is 2.81. The quantitative estimate of drug-likeness (QED) is 0.737. The highest BCUT2D eigenvalue weighted by Crippen LogP contribution is 2.48. The van der Waals surface area contributed by atoms with Crippen LogP contribution in [0.3, 0.4) is 0 Å². The van der Waals surface area contributed by atoms with Crippen molar-refractivity contribution in [1.29, 1.82) is 0 Å². The van der Waals surface area contributed by atoms with Crippen LogP contribution in [0.2, 0.25) is 0 Å². The van der Waals surface area contributed by atoms with Crippen molar-refractivity contribution >= 4 is 11.9 Å². The minimum atomic E-state index is -0.898. The average molecular weight is 214 g/mol. The summed E-state index contributed by atoms with van der Waals surface area (Å²) in [7, 11) is 0. The zero-order valence-corrected chi connectivity index (χ0v) is 9.41. The molecule has 2 N–H and O–H groups in total. The first-order chi connectivity index (χ1) is 6.69. The number of aliphatic carboxylic acids is 2. The maximum atomic E-state index is 11.1. The van der Waals surface area contributed by atoms with Crippen molar-refractivity contribution in [2.24, 2.45) is 16.7 Å². The summed E-state index contributed by atoms with van der Waals surface area (Å²) in [6.45, 7) is 5.21. The van der Waals surface area contributed by atoms with Crippen LogP contribution in [0, 0.1) is 16.7 Å². The molecule has 0 aromatic rings. The molecule has 1 saturated carbocycles. The molecule has 0 bridgehead atoms. The molecule has 2 unspecified atom stereocenters. The van der Waals surface area contributed by atoms with Gasteiger partial charge in [0.1, 0.15) is 0 Å². The summed E-state index contributed by atoms with van der Waals surface area (Å²) in [5.41, 5.74) is -1.80. The largest absolute Gasteiger partial charge is 0.481 e. The zero-order chi connectivity index (χ0) is 11.9. The Hall–Kier alpha value is -1.06. The molecule has 0 aromatic carbocycles. The molecular weight excluding hydrogens is 196 g/mol. The number of rotatable bonds is 2. The molecule has 1 fully saturated rings. The number of carboxylic acid groups (broad SMARTS) is 2. The molecule has 0 radical (unpaired) electrons. The molecule has 0 saturated heterocycles. The van der Waals surface area contributed by atoms with Crippen LogP contribution in [-0.4, -0.2) is 22.2 Å². The average Bonchev–Trinajstić information content (AvgIpc) is 2.00. The zero-order valence-electron chi connectivity index (χ0n) is 9.41. The Morgan fingerprint density at radius 1 is 1.07 bits per heavy atom. The predicted octanol–water partition coefficient (Wildman–Crippen LogP) is 1.99. The second-order valence-corrected chi connectivity index (χ2v) is 5.42. The first-order valence-corrected chi connectivity index (χ1v) is 5.16. The van der Waals surface area contributed by atoms with Gasteiger partial charge in [0.05, 0.1) is 10.8 Å². The molecule has 0 amide bonds. The van der Waals surface area contributed by atoms with Crippen molar-refractivity contribution < 1.29 is 19.8 Å². The molecular formula is C11H18O4. The maximum Gasteiger partial charge on any atom is 0.309 e. The lowest BCUT2D eigenvalue weighted by molar-refractivity contribution is -0.162. The summed E-state index contributed by atoms with van der Waals surface area (Å²) in [6, 6.07) is 0. The highest BCUT2D eigenvalue weighted by Gasteiger charge is 2.50. The van der Waals surface area contributed by atoms with Crippen molar-refractivity contribution in [2.45, 2.75) is 40.0 Å². The van der Waals surface area contributed by atoms with Crippen LogP contribution in [0.25, 0.3) is 0 Å². The van der Waals surface area contributed by atoms with E-state index in [2.05, 4.69) is 0 Å². The smallest absolute Gasteiger partial charge is 0.309 e. The molecule has 1 rings (SSSR count). The van der Waals surface area contributed by atoms with Crippen LogP contribution in [0.15, 0.2) is 0 Å². The molecule has 1 aliphatic carbocycles. The van der Waals surface area contributed by atoms with Gasteiger partial charge in [-0.1, -0.05) is 6.92 Å². The maximum absolute atomic E-state index is 11.1. The van der Waals surface area contributed by atoms with E-state index in [-0.39, 0.29) is 12.3 Å². The molecule has 0 spiro atoms. The third-order valence-corrected chi connectivity index (χ3v) is 3.41. The Morgan fingerprint density at radius 3 is 1.67 bits per heavy atom. The number of carbonyl (C=O) groups is 2. The van der Waals surface area contributed by atoms with Gasteiger partial charge >= 0.3 is 11.9 Å². The summed E-state index contributed by atoms with van der Waals surface area (Å²) >= 11 is 0. The van der Waals surface area contributed by atoms with E-state index in [0.29, 0.717) is 12.8 Å². The standard InChI is InChI=1S/C11H18O4/c1-7-4-10(2,8(12)13)6-11(3,5-7)9(14)15/h7H,4-6H2,1-3H3,(H,12,13)(H,14,15). The van der Waals surface area contributed by atoms with Crippen LogP contribution >= 0.6 is 0 Å². The molecule has 0 aliphatic heterocycles. The van der Waals surface area contributed by atoms with Crippen LogP contribution in [-0.2, 0) is 9.59 Å². The first-order valence-electron chi connectivity index (χ1n) is 5.16. The molecule has 4 nitrogen and oxygen atoms in total. The van der Waals surface area contributed by atoms with Gasteiger partial charge in [0.25, 0.3) is 0 Å². The Bertz CT molecular complexity index is 271. The fourth-order valence-electron chi connectivity index (χ4n) is 2.94. The van der Waals surface area contributed by atoms with Crippen molar-refractivity contribution in [1.82, 2.24) is 0 Å². The summed E-state index contributed by atoms with van der Waals surface area (Å²) in [6.07, 6.45) is 1.34. The Labute approximate surface area is 89.3 Å². The lowest BCUT2D eigenvalue weighted by Gasteiger charge is -2.42. The summed E-state index contributed by atoms with van der Waals surface area (Å²) in [4.78, 5) is 22.3. The van der Waals surface area contributed by atoms with Gasteiger partial charge in [-0.05, 0) is 39.0 Å². The second-order valence-electron chi connectivity index (χ2n) is 5.42. The van der Waals surface area contributed by atoms with E-state index < -0.39 is 22.8 Å². The lowest BCUT2D eigenvalue weighted by Crippen LogP contribution is -2.45. The van der Waals surface area contributed by atoms with Crippen LogP contribution in [0.4, 0.5) is 0 Å². The normalized spacial score (nSPS) is 41.1. The third-order valence-electron chi connectivity index (χ3n) is 3.41. The van der Waals surface area contributed by atoms with Gasteiger partial charge in [0.15, 0.2) is 0 Å². The Balaban J connectivity index is 2.99. The Morgan fingerprint density at radius 2 is 1.40 bits per heavy atom. The van der Waals surface area contributed by atoms with Crippen LogP contribution in [0.5, 0.6) is 0 Å². The summed E-state index contributed by atoms with van der Waals surface area (Å²) in [5, 5.41) is 18.3. The first kappa shape index (κ1) is 12.0. The molecule has 0 heterocycles. The third kappa shape index (κ3) is 2.13. The van der Waals surface area contributed by atoms with Crippen molar-refractivity contribution in [3.05, 3.63) is 0 Å². The molecule has 1 aliphatic rings. The van der Waals surface area contributed by atoms with Gasteiger partial charge in [-0.3, -0.25) is 9.59 Å². The van der Waals surface area contributed by atoms with Gasteiger partial charge in [-0.25, -0.2) is 0 Å². The van der Waals surface area contributed by atoms with Gasteiger partial charge in [0.2, 0.25) is 0 Å². The van der Waals surface area contributed by atoms with Crippen LogP contribution in [0.1, 0.15) is 40.0 Å². The van der Waals surface area contributed by atoms with E-state index in [0.717, 1.165) is 0 Å². The second kappa shape index (κ2) is 3.51. The van der Waals surface area contributed by atoms with Crippen molar-refractivity contribution in [3.8, 4) is 0 Å². The van der Waals surface area contributed by atoms with E-state index >= 15 is 0 Å². The molecule has 2 atom stereocenters. The highest BCUT2D eigenvalue weighted by atomic mass is 16.4. The minimum Gasteiger partial charge on any atom is -0.481 e. The molecule has 0 aromatic heterocycles. The monoisotopic (exact) mass is 214 g/mol. The SMILES string of the molecule is CC1CC(C)(C(=O)O)CC(C)(C(=O)O)C1. The van der Waals surface area contributed by atoms with E-state index in [1.807, 2.05) is 6.92 Å². The minimum absolute atomic E-state index is 0.140.